The maximum atomic E-state index is 13.7. The molecule has 1 atom stereocenters. The van der Waals surface area contributed by atoms with E-state index in [1.54, 1.807) is 28.9 Å². The molecule has 0 radical (unpaired) electrons. The van der Waals surface area contributed by atoms with Gasteiger partial charge in [-0.05, 0) is 113 Å². The SMILES string of the molecule is CN1CCCC2CN(c3nc(-n4ccc(OCCC(C5CC5)C5CC5)n4)ccc3C(=O)NS(=O)(=O)c3cccc1n3)C(C)(C)C2. The average Bonchev–Trinajstić information content (AvgIpc) is 3.95. The van der Waals surface area contributed by atoms with Gasteiger partial charge in [0.1, 0.15) is 11.6 Å². The highest BCUT2D eigenvalue weighted by molar-refractivity contribution is 7.90. The minimum absolute atomic E-state index is 0.189. The van der Waals surface area contributed by atoms with Gasteiger partial charge in [-0.3, -0.25) is 4.79 Å². The van der Waals surface area contributed by atoms with Gasteiger partial charge in [0.15, 0.2) is 10.8 Å². The molecule has 2 saturated carbocycles. The van der Waals surface area contributed by atoms with Gasteiger partial charge in [-0.2, -0.15) is 8.42 Å². The van der Waals surface area contributed by atoms with Gasteiger partial charge >= 0.3 is 0 Å². The number of aromatic nitrogens is 4. The molecule has 4 bridgehead atoms. The number of nitrogens with zero attached hydrogens (tertiary/aromatic N) is 6. The maximum Gasteiger partial charge on any atom is 0.281 e. The summed E-state index contributed by atoms with van der Waals surface area (Å²) in [5, 5.41) is 4.45. The number of carbonyl (C=O) groups excluding carboxylic acids is 1. The third kappa shape index (κ3) is 6.39. The van der Waals surface area contributed by atoms with Crippen molar-refractivity contribution in [2.24, 2.45) is 23.7 Å². The van der Waals surface area contributed by atoms with Gasteiger partial charge < -0.3 is 14.5 Å². The minimum Gasteiger partial charge on any atom is -0.477 e. The Hall–Kier alpha value is -3.67. The number of pyridine rings is 2. The van der Waals surface area contributed by atoms with E-state index in [1.165, 1.54) is 31.7 Å². The van der Waals surface area contributed by atoms with Crippen molar-refractivity contribution in [2.75, 3.05) is 36.5 Å². The summed E-state index contributed by atoms with van der Waals surface area (Å²) in [6, 6.07) is 10.0. The monoisotopic (exact) mass is 633 g/mol. The molecular formula is C33H43N7O4S. The molecule has 1 unspecified atom stereocenters. The van der Waals surface area contributed by atoms with Crippen LogP contribution in [0.5, 0.6) is 5.88 Å². The van der Waals surface area contributed by atoms with Gasteiger partial charge in [0.2, 0.25) is 5.88 Å². The molecule has 240 valence electrons. The quantitative estimate of drug-likeness (QED) is 0.390. The van der Waals surface area contributed by atoms with Crippen molar-refractivity contribution in [3.8, 4) is 11.7 Å². The van der Waals surface area contributed by atoms with Gasteiger partial charge in [-0.15, -0.1) is 5.10 Å². The van der Waals surface area contributed by atoms with E-state index in [0.29, 0.717) is 42.4 Å². The first kappa shape index (κ1) is 30.0. The van der Waals surface area contributed by atoms with Crippen LogP contribution in [0.4, 0.5) is 11.6 Å². The Kier molecular flexibility index (Phi) is 7.74. The molecule has 45 heavy (non-hydrogen) atoms. The fraction of sp³-hybridized carbons (Fsp3) is 0.576. The summed E-state index contributed by atoms with van der Waals surface area (Å²) in [6.45, 7) is 6.41. The summed E-state index contributed by atoms with van der Waals surface area (Å²) in [5.41, 5.74) is -0.106. The zero-order valence-corrected chi connectivity index (χ0v) is 27.2. The number of hydrogen-bond acceptors (Lipinski definition) is 9. The molecule has 1 saturated heterocycles. The van der Waals surface area contributed by atoms with Crippen LogP contribution in [-0.4, -0.2) is 66.4 Å². The van der Waals surface area contributed by atoms with Crippen molar-refractivity contribution in [2.45, 2.75) is 75.8 Å². The Morgan fingerprint density at radius 2 is 1.80 bits per heavy atom. The fourth-order valence-electron chi connectivity index (χ4n) is 7.35. The van der Waals surface area contributed by atoms with E-state index in [0.717, 1.165) is 50.0 Å². The lowest BCUT2D eigenvalue weighted by Gasteiger charge is -2.34. The fourth-order valence-corrected chi connectivity index (χ4v) is 8.28. The zero-order chi connectivity index (χ0) is 31.3. The van der Waals surface area contributed by atoms with Crippen LogP contribution in [0.1, 0.15) is 75.6 Å². The summed E-state index contributed by atoms with van der Waals surface area (Å²) in [5.74, 6) is 4.26. The molecule has 5 heterocycles. The summed E-state index contributed by atoms with van der Waals surface area (Å²) in [6.07, 6.45) is 11.2. The predicted molar refractivity (Wildman–Crippen MR) is 171 cm³/mol. The van der Waals surface area contributed by atoms with Crippen LogP contribution >= 0.6 is 0 Å². The molecule has 4 aliphatic rings. The van der Waals surface area contributed by atoms with Gasteiger partial charge in [0, 0.05) is 37.9 Å². The maximum absolute atomic E-state index is 13.7. The Labute approximate surface area is 265 Å². The molecule has 12 heteroatoms. The highest BCUT2D eigenvalue weighted by Crippen LogP contribution is 2.50. The zero-order valence-electron chi connectivity index (χ0n) is 26.4. The number of carbonyl (C=O) groups is 1. The third-order valence-corrected chi connectivity index (χ3v) is 11.2. The van der Waals surface area contributed by atoms with E-state index < -0.39 is 15.9 Å². The second kappa shape index (κ2) is 11.6. The Morgan fingerprint density at radius 3 is 2.56 bits per heavy atom. The van der Waals surface area contributed by atoms with Crippen LogP contribution in [0.2, 0.25) is 0 Å². The van der Waals surface area contributed by atoms with Crippen molar-refractivity contribution in [1.29, 1.82) is 0 Å². The van der Waals surface area contributed by atoms with Gasteiger partial charge in [0.05, 0.1) is 12.2 Å². The lowest BCUT2D eigenvalue weighted by atomic mass is 9.93. The minimum atomic E-state index is -4.23. The summed E-state index contributed by atoms with van der Waals surface area (Å²) in [4.78, 5) is 27.1. The average molecular weight is 634 g/mol. The number of anilines is 2. The molecule has 7 rings (SSSR count). The standard InChI is InChI=1S/C33H43N7O4S/c1-33(2)20-22-6-5-17-38(3)27-7-4-8-30(34-27)45(42,43)37-32(41)26-13-14-28(35-31(26)39(33)21-22)40-18-15-29(36-40)44-19-16-25(23-9-10-23)24-11-12-24/h4,7-8,13-15,18,22-25H,5-6,9-12,16-17,19-21H2,1-3H3,(H,37,41). The van der Waals surface area contributed by atoms with Crippen LogP contribution in [0, 0.1) is 23.7 Å². The Morgan fingerprint density at radius 1 is 1.02 bits per heavy atom. The smallest absolute Gasteiger partial charge is 0.281 e. The van der Waals surface area contributed by atoms with E-state index in [2.05, 4.69) is 33.6 Å². The van der Waals surface area contributed by atoms with Gasteiger partial charge in [-0.25, -0.2) is 19.4 Å². The number of nitrogens with one attached hydrogen (secondary N) is 1. The molecule has 3 aromatic rings. The van der Waals surface area contributed by atoms with Crippen LogP contribution in [0.25, 0.3) is 5.82 Å². The van der Waals surface area contributed by atoms with Crippen molar-refractivity contribution in [3.63, 3.8) is 0 Å². The van der Waals surface area contributed by atoms with Crippen molar-refractivity contribution < 1.29 is 17.9 Å². The first-order valence-corrected chi connectivity index (χ1v) is 17.8. The summed E-state index contributed by atoms with van der Waals surface area (Å²) >= 11 is 0. The van der Waals surface area contributed by atoms with E-state index in [9.17, 15) is 13.2 Å². The number of rotatable bonds is 7. The summed E-state index contributed by atoms with van der Waals surface area (Å²) in [7, 11) is -2.32. The molecule has 0 aromatic carbocycles. The normalized spacial score (nSPS) is 22.8. The van der Waals surface area contributed by atoms with Crippen LogP contribution in [0.3, 0.4) is 0 Å². The highest BCUT2D eigenvalue weighted by atomic mass is 32.2. The van der Waals surface area contributed by atoms with E-state index in [-0.39, 0.29) is 16.1 Å². The number of sulfonamides is 1. The molecule has 3 aromatic heterocycles. The highest BCUT2D eigenvalue weighted by Gasteiger charge is 2.42. The molecular weight excluding hydrogens is 590 g/mol. The van der Waals surface area contributed by atoms with Crippen LogP contribution in [-0.2, 0) is 10.0 Å². The van der Waals surface area contributed by atoms with Crippen LogP contribution in [0.15, 0.2) is 47.6 Å². The lowest BCUT2D eigenvalue weighted by molar-refractivity contribution is 0.0981. The van der Waals surface area contributed by atoms with E-state index in [4.69, 9.17) is 9.72 Å². The second-order valence-corrected chi connectivity index (χ2v) is 15.6. The molecule has 11 nitrogen and oxygen atoms in total. The molecule has 0 spiro atoms. The third-order valence-electron chi connectivity index (χ3n) is 9.98. The van der Waals surface area contributed by atoms with Crippen molar-refractivity contribution in [3.05, 3.63) is 48.2 Å². The van der Waals surface area contributed by atoms with Crippen LogP contribution < -0.4 is 19.3 Å². The van der Waals surface area contributed by atoms with Crippen molar-refractivity contribution >= 4 is 27.6 Å². The number of ether oxygens (including phenoxy) is 1. The molecule has 1 amide bonds. The predicted octanol–water partition coefficient (Wildman–Crippen LogP) is 4.82. The Bertz CT molecular complexity index is 1670. The van der Waals surface area contributed by atoms with Gasteiger partial charge in [-0.1, -0.05) is 6.07 Å². The van der Waals surface area contributed by atoms with E-state index in [1.807, 2.05) is 24.2 Å². The number of hydrogen-bond donors (Lipinski definition) is 1. The number of fused-ring (bicyclic) bond motifs is 6. The second-order valence-electron chi connectivity index (χ2n) is 13.9. The van der Waals surface area contributed by atoms with E-state index >= 15 is 0 Å². The largest absolute Gasteiger partial charge is 0.477 e. The van der Waals surface area contributed by atoms with Crippen molar-refractivity contribution in [1.82, 2.24) is 24.5 Å². The molecule has 3 fully saturated rings. The molecule has 2 aliphatic heterocycles. The molecule has 2 aliphatic carbocycles. The molecule has 1 N–H and O–H groups in total. The first-order valence-electron chi connectivity index (χ1n) is 16.3. The first-order chi connectivity index (χ1) is 21.6. The lowest BCUT2D eigenvalue weighted by Crippen LogP contribution is -2.41. The summed E-state index contributed by atoms with van der Waals surface area (Å²) < 4.78 is 36.7. The Balaban J connectivity index is 1.17. The van der Waals surface area contributed by atoms with Gasteiger partial charge in [0.25, 0.3) is 15.9 Å². The topological polar surface area (TPSA) is 123 Å². The number of amides is 1.